The van der Waals surface area contributed by atoms with Gasteiger partial charge in [0.25, 0.3) is 0 Å². The summed E-state index contributed by atoms with van der Waals surface area (Å²) in [5, 5.41) is 7.85. The molecule has 1 aliphatic carbocycles. The molecule has 1 N–H and O–H groups in total. The highest BCUT2D eigenvalue weighted by molar-refractivity contribution is 5.26. The van der Waals surface area contributed by atoms with Gasteiger partial charge in [0.05, 0.1) is 6.20 Å². The van der Waals surface area contributed by atoms with Gasteiger partial charge in [-0.25, -0.2) is 0 Å². The third-order valence-electron chi connectivity index (χ3n) is 3.85. The molecule has 1 atom stereocenters. The van der Waals surface area contributed by atoms with Crippen LogP contribution in [0.15, 0.2) is 6.20 Å². The molecule has 0 aromatic carbocycles. The summed E-state index contributed by atoms with van der Waals surface area (Å²) in [6, 6.07) is 0.413. The van der Waals surface area contributed by atoms with E-state index >= 15 is 0 Å². The van der Waals surface area contributed by atoms with Crippen molar-refractivity contribution in [2.75, 3.05) is 7.05 Å². The van der Waals surface area contributed by atoms with Crippen LogP contribution in [0.5, 0.6) is 0 Å². The molecule has 16 heavy (non-hydrogen) atoms. The van der Waals surface area contributed by atoms with Gasteiger partial charge in [0.15, 0.2) is 0 Å². The van der Waals surface area contributed by atoms with Crippen LogP contribution in [0, 0.1) is 0 Å². The quantitative estimate of drug-likeness (QED) is 0.847. The molecule has 3 nitrogen and oxygen atoms in total. The Morgan fingerprint density at radius 2 is 2.19 bits per heavy atom. The van der Waals surface area contributed by atoms with Gasteiger partial charge in [0.2, 0.25) is 0 Å². The van der Waals surface area contributed by atoms with Crippen LogP contribution in [0.1, 0.15) is 62.7 Å². The predicted octanol–water partition coefficient (Wildman–Crippen LogP) is 2.84. The van der Waals surface area contributed by atoms with Crippen LogP contribution in [-0.2, 0) is 6.54 Å². The summed E-state index contributed by atoms with van der Waals surface area (Å²) in [5.74, 6) is 0.744. The summed E-state index contributed by atoms with van der Waals surface area (Å²) >= 11 is 0. The van der Waals surface area contributed by atoms with E-state index in [1.807, 2.05) is 7.05 Å². The molecular weight excluding hydrogens is 198 g/mol. The lowest BCUT2D eigenvalue weighted by atomic mass is 9.97. The standard InChI is InChI=1S/C13H23N3/c1-4-16-13(11-7-5-6-8-11)12(9-15-16)10(2)14-3/h9-11,14H,4-8H2,1-3H3. The van der Waals surface area contributed by atoms with Crippen molar-refractivity contribution in [2.24, 2.45) is 0 Å². The highest BCUT2D eigenvalue weighted by atomic mass is 15.3. The maximum Gasteiger partial charge on any atom is 0.0540 e. The van der Waals surface area contributed by atoms with Gasteiger partial charge in [-0.05, 0) is 33.7 Å². The summed E-state index contributed by atoms with van der Waals surface area (Å²) in [4.78, 5) is 0. The fourth-order valence-electron chi connectivity index (χ4n) is 2.80. The highest BCUT2D eigenvalue weighted by Crippen LogP contribution is 2.37. The Morgan fingerprint density at radius 1 is 1.50 bits per heavy atom. The summed E-state index contributed by atoms with van der Waals surface area (Å²) in [5.41, 5.74) is 2.89. The first-order valence-corrected chi connectivity index (χ1v) is 6.50. The zero-order valence-electron chi connectivity index (χ0n) is 10.7. The molecule has 2 rings (SSSR count). The lowest BCUT2D eigenvalue weighted by Gasteiger charge is -2.17. The van der Waals surface area contributed by atoms with E-state index in [1.165, 1.54) is 36.9 Å². The van der Waals surface area contributed by atoms with Gasteiger partial charge in [0, 0.05) is 29.8 Å². The first kappa shape index (κ1) is 11.6. The molecule has 1 aromatic rings. The van der Waals surface area contributed by atoms with Gasteiger partial charge in [0.1, 0.15) is 0 Å². The molecule has 3 heteroatoms. The van der Waals surface area contributed by atoms with Crippen molar-refractivity contribution in [2.45, 2.75) is 58.0 Å². The van der Waals surface area contributed by atoms with Gasteiger partial charge >= 0.3 is 0 Å². The maximum atomic E-state index is 4.52. The topological polar surface area (TPSA) is 29.9 Å². The SMILES string of the molecule is CCn1ncc(C(C)NC)c1C1CCCC1. The number of nitrogens with one attached hydrogen (secondary N) is 1. The molecule has 0 spiro atoms. The van der Waals surface area contributed by atoms with E-state index < -0.39 is 0 Å². The Labute approximate surface area is 98.2 Å². The average Bonchev–Trinajstić information content (AvgIpc) is 2.95. The summed E-state index contributed by atoms with van der Waals surface area (Å²) in [7, 11) is 2.02. The second-order valence-corrected chi connectivity index (χ2v) is 4.79. The van der Waals surface area contributed by atoms with E-state index in [-0.39, 0.29) is 0 Å². The van der Waals surface area contributed by atoms with Crippen molar-refractivity contribution in [3.8, 4) is 0 Å². The largest absolute Gasteiger partial charge is 0.313 e. The minimum atomic E-state index is 0.413. The van der Waals surface area contributed by atoms with E-state index in [1.54, 1.807) is 0 Å². The maximum absolute atomic E-state index is 4.52. The van der Waals surface area contributed by atoms with Crippen molar-refractivity contribution >= 4 is 0 Å². The Bertz CT molecular complexity index is 337. The molecule has 0 amide bonds. The summed E-state index contributed by atoms with van der Waals surface area (Å²) in [6.07, 6.45) is 7.50. The highest BCUT2D eigenvalue weighted by Gasteiger charge is 2.25. The van der Waals surface area contributed by atoms with Gasteiger partial charge in [-0.3, -0.25) is 4.68 Å². The van der Waals surface area contributed by atoms with Crippen LogP contribution >= 0.6 is 0 Å². The molecule has 1 heterocycles. The Kier molecular flexibility index (Phi) is 3.64. The van der Waals surface area contributed by atoms with Crippen molar-refractivity contribution in [3.05, 3.63) is 17.5 Å². The fourth-order valence-corrected chi connectivity index (χ4v) is 2.80. The number of rotatable bonds is 4. The molecule has 90 valence electrons. The number of hydrogen-bond acceptors (Lipinski definition) is 2. The molecule has 0 aliphatic heterocycles. The lowest BCUT2D eigenvalue weighted by molar-refractivity contribution is 0.552. The van der Waals surface area contributed by atoms with E-state index in [0.29, 0.717) is 6.04 Å². The van der Waals surface area contributed by atoms with Crippen LogP contribution in [-0.4, -0.2) is 16.8 Å². The van der Waals surface area contributed by atoms with Gasteiger partial charge < -0.3 is 5.32 Å². The normalized spacial score (nSPS) is 19.2. The average molecular weight is 221 g/mol. The Hall–Kier alpha value is -0.830. The number of aryl methyl sites for hydroxylation is 1. The van der Waals surface area contributed by atoms with Gasteiger partial charge in [-0.15, -0.1) is 0 Å². The third kappa shape index (κ3) is 2.01. The number of nitrogens with zero attached hydrogens (tertiary/aromatic N) is 2. The van der Waals surface area contributed by atoms with Crippen molar-refractivity contribution < 1.29 is 0 Å². The first-order valence-electron chi connectivity index (χ1n) is 6.50. The van der Waals surface area contributed by atoms with Crippen LogP contribution in [0.2, 0.25) is 0 Å². The fraction of sp³-hybridized carbons (Fsp3) is 0.769. The monoisotopic (exact) mass is 221 g/mol. The van der Waals surface area contributed by atoms with Crippen molar-refractivity contribution in [3.63, 3.8) is 0 Å². The molecule has 0 bridgehead atoms. The zero-order chi connectivity index (χ0) is 11.5. The minimum Gasteiger partial charge on any atom is -0.313 e. The van der Waals surface area contributed by atoms with Crippen LogP contribution in [0.3, 0.4) is 0 Å². The van der Waals surface area contributed by atoms with Crippen LogP contribution < -0.4 is 5.32 Å². The second kappa shape index (κ2) is 5.00. The van der Waals surface area contributed by atoms with Crippen molar-refractivity contribution in [1.29, 1.82) is 0 Å². The molecule has 1 fully saturated rings. The van der Waals surface area contributed by atoms with E-state index in [0.717, 1.165) is 12.5 Å². The smallest absolute Gasteiger partial charge is 0.0540 e. The number of aromatic nitrogens is 2. The molecule has 1 aromatic heterocycles. The molecule has 1 unspecified atom stereocenters. The summed E-state index contributed by atoms with van der Waals surface area (Å²) < 4.78 is 2.19. The van der Waals surface area contributed by atoms with Gasteiger partial charge in [-0.1, -0.05) is 12.8 Å². The second-order valence-electron chi connectivity index (χ2n) is 4.79. The number of hydrogen-bond donors (Lipinski definition) is 1. The molecule has 1 aliphatic rings. The Morgan fingerprint density at radius 3 is 2.75 bits per heavy atom. The predicted molar refractivity (Wildman–Crippen MR) is 66.6 cm³/mol. The van der Waals surface area contributed by atoms with Crippen LogP contribution in [0.25, 0.3) is 0 Å². The lowest BCUT2D eigenvalue weighted by Crippen LogP contribution is -2.16. The first-order chi connectivity index (χ1) is 7.77. The summed E-state index contributed by atoms with van der Waals surface area (Å²) in [6.45, 7) is 5.39. The van der Waals surface area contributed by atoms with Crippen LogP contribution in [0.4, 0.5) is 0 Å². The molecule has 0 radical (unpaired) electrons. The third-order valence-corrected chi connectivity index (χ3v) is 3.85. The van der Waals surface area contributed by atoms with E-state index in [4.69, 9.17) is 0 Å². The minimum absolute atomic E-state index is 0.413. The Balaban J connectivity index is 2.33. The molecular formula is C13H23N3. The van der Waals surface area contributed by atoms with E-state index in [2.05, 4.69) is 35.1 Å². The molecule has 1 saturated carbocycles. The molecule has 0 saturated heterocycles. The van der Waals surface area contributed by atoms with Crippen molar-refractivity contribution in [1.82, 2.24) is 15.1 Å². The zero-order valence-corrected chi connectivity index (χ0v) is 10.7. The van der Waals surface area contributed by atoms with Gasteiger partial charge in [-0.2, -0.15) is 5.10 Å². The van der Waals surface area contributed by atoms with E-state index in [9.17, 15) is 0 Å².